The van der Waals surface area contributed by atoms with Crippen LogP contribution in [0, 0.1) is 0 Å². The molecule has 3 aromatic carbocycles. The van der Waals surface area contributed by atoms with Crippen molar-refractivity contribution in [2.45, 2.75) is 12.8 Å². The summed E-state index contributed by atoms with van der Waals surface area (Å²) in [4.78, 5) is 12.4. The summed E-state index contributed by atoms with van der Waals surface area (Å²) >= 11 is 0. The van der Waals surface area contributed by atoms with E-state index in [9.17, 15) is 18.0 Å². The Labute approximate surface area is 163 Å². The molecule has 0 bridgehead atoms. The van der Waals surface area contributed by atoms with Crippen molar-refractivity contribution in [1.29, 1.82) is 0 Å². The molecular formula is C22H14F3NO3. The average Bonchev–Trinajstić information content (AvgIpc) is 3.15. The lowest BCUT2D eigenvalue weighted by molar-refractivity contribution is -0.138. The number of rotatable bonds is 4. The van der Waals surface area contributed by atoms with Gasteiger partial charge in [-0.25, -0.2) is 4.79 Å². The fourth-order valence-corrected chi connectivity index (χ4v) is 3.02. The molecule has 0 aliphatic heterocycles. The number of benzene rings is 3. The molecule has 29 heavy (non-hydrogen) atoms. The van der Waals surface area contributed by atoms with Gasteiger partial charge in [-0.15, -0.1) is 0 Å². The number of fused-ring (bicyclic) bond motifs is 1. The number of carbonyl (C=O) groups excluding carboxylic acids is 1. The Kier molecular flexibility index (Phi) is 4.80. The van der Waals surface area contributed by atoms with Gasteiger partial charge >= 0.3 is 12.1 Å². The lowest BCUT2D eigenvalue weighted by Gasteiger charge is -2.12. The first-order valence-corrected chi connectivity index (χ1v) is 8.70. The van der Waals surface area contributed by atoms with Gasteiger partial charge in [0.15, 0.2) is 5.76 Å². The fraction of sp³-hybridized carbons (Fsp3) is 0.0909. The highest BCUT2D eigenvalue weighted by molar-refractivity contribution is 5.98. The molecule has 1 aromatic heterocycles. The number of alkyl halides is 3. The standard InChI is InChI=1S/C22H14F3NO3/c23-22(24,25)18-9-5-4-8-16(18)13-28-21(27)15-10-11-19-17(12-15)20(29-26-19)14-6-2-1-3-7-14/h1-12H,13H2. The average molecular weight is 397 g/mol. The van der Waals surface area contributed by atoms with Gasteiger partial charge in [0.25, 0.3) is 0 Å². The summed E-state index contributed by atoms with van der Waals surface area (Å²) in [7, 11) is 0. The zero-order valence-electron chi connectivity index (χ0n) is 14.9. The van der Waals surface area contributed by atoms with Crippen LogP contribution in [0.5, 0.6) is 0 Å². The van der Waals surface area contributed by atoms with Gasteiger partial charge in [0, 0.05) is 11.1 Å². The minimum Gasteiger partial charge on any atom is -0.457 e. The van der Waals surface area contributed by atoms with E-state index >= 15 is 0 Å². The number of halogens is 3. The Bertz CT molecular complexity index is 1170. The highest BCUT2D eigenvalue weighted by Crippen LogP contribution is 2.32. The molecule has 0 spiro atoms. The molecular weight excluding hydrogens is 383 g/mol. The van der Waals surface area contributed by atoms with Gasteiger partial charge < -0.3 is 9.26 Å². The SMILES string of the molecule is O=C(OCc1ccccc1C(F)(F)F)c1ccc2noc(-c3ccccc3)c2c1. The molecule has 0 unspecified atom stereocenters. The molecule has 0 aliphatic carbocycles. The maximum Gasteiger partial charge on any atom is 0.416 e. The smallest absolute Gasteiger partial charge is 0.416 e. The van der Waals surface area contributed by atoms with Crippen LogP contribution in [0.25, 0.3) is 22.2 Å². The van der Waals surface area contributed by atoms with Crippen molar-refractivity contribution in [3.05, 3.63) is 89.5 Å². The Morgan fingerprint density at radius 2 is 1.69 bits per heavy atom. The molecule has 4 aromatic rings. The molecule has 0 saturated carbocycles. The number of hydrogen-bond acceptors (Lipinski definition) is 4. The Morgan fingerprint density at radius 3 is 2.45 bits per heavy atom. The molecule has 7 heteroatoms. The second-order valence-corrected chi connectivity index (χ2v) is 6.34. The van der Waals surface area contributed by atoms with Gasteiger partial charge in [-0.1, -0.05) is 53.7 Å². The van der Waals surface area contributed by atoms with Crippen LogP contribution in [0.15, 0.2) is 77.3 Å². The van der Waals surface area contributed by atoms with E-state index < -0.39 is 24.3 Å². The maximum atomic E-state index is 13.1. The van der Waals surface area contributed by atoms with Crippen molar-refractivity contribution in [2.75, 3.05) is 0 Å². The number of esters is 1. The minimum atomic E-state index is -4.52. The van der Waals surface area contributed by atoms with Crippen LogP contribution in [-0.4, -0.2) is 11.1 Å². The molecule has 0 N–H and O–H groups in total. The molecule has 0 fully saturated rings. The molecule has 0 radical (unpaired) electrons. The normalized spacial score (nSPS) is 11.6. The van der Waals surface area contributed by atoms with Gasteiger partial charge in [-0.2, -0.15) is 13.2 Å². The zero-order valence-corrected chi connectivity index (χ0v) is 14.9. The fourth-order valence-electron chi connectivity index (χ4n) is 3.02. The molecule has 0 saturated heterocycles. The Hall–Kier alpha value is -3.61. The summed E-state index contributed by atoms with van der Waals surface area (Å²) in [5, 5.41) is 4.59. The van der Waals surface area contributed by atoms with Gasteiger partial charge in [-0.05, 0) is 24.3 Å². The van der Waals surface area contributed by atoms with E-state index in [1.807, 2.05) is 30.3 Å². The minimum absolute atomic E-state index is 0.107. The first-order chi connectivity index (χ1) is 13.9. The van der Waals surface area contributed by atoms with Crippen LogP contribution in [0.3, 0.4) is 0 Å². The highest BCUT2D eigenvalue weighted by atomic mass is 19.4. The lowest BCUT2D eigenvalue weighted by Crippen LogP contribution is -2.12. The third kappa shape index (κ3) is 3.85. The second-order valence-electron chi connectivity index (χ2n) is 6.34. The topological polar surface area (TPSA) is 52.3 Å². The monoisotopic (exact) mass is 397 g/mol. The van der Waals surface area contributed by atoms with Crippen LogP contribution in [0.4, 0.5) is 13.2 Å². The van der Waals surface area contributed by atoms with Crippen molar-refractivity contribution >= 4 is 16.9 Å². The number of nitrogens with zero attached hydrogens (tertiary/aromatic N) is 1. The second kappa shape index (κ2) is 7.43. The molecule has 0 amide bonds. The highest BCUT2D eigenvalue weighted by Gasteiger charge is 2.33. The summed E-state index contributed by atoms with van der Waals surface area (Å²) in [5.74, 6) is -0.234. The van der Waals surface area contributed by atoms with E-state index in [0.717, 1.165) is 11.6 Å². The quantitative estimate of drug-likeness (QED) is 0.404. The molecule has 4 rings (SSSR count). The van der Waals surface area contributed by atoms with E-state index in [4.69, 9.17) is 9.26 Å². The van der Waals surface area contributed by atoms with E-state index in [1.54, 1.807) is 12.1 Å². The summed E-state index contributed by atoms with van der Waals surface area (Å²) in [6.07, 6.45) is -4.52. The number of aromatic nitrogens is 1. The Balaban J connectivity index is 1.59. The predicted molar refractivity (Wildman–Crippen MR) is 100 cm³/mol. The molecule has 4 nitrogen and oxygen atoms in total. The van der Waals surface area contributed by atoms with Crippen LogP contribution < -0.4 is 0 Å². The van der Waals surface area contributed by atoms with Crippen molar-refractivity contribution < 1.29 is 27.2 Å². The summed E-state index contributed by atoms with van der Waals surface area (Å²) in [6.45, 7) is -0.484. The molecule has 0 atom stereocenters. The van der Waals surface area contributed by atoms with Crippen LogP contribution in [0.1, 0.15) is 21.5 Å². The summed E-state index contributed by atoms with van der Waals surface area (Å²) in [6, 6.07) is 18.9. The van der Waals surface area contributed by atoms with Crippen LogP contribution in [0.2, 0.25) is 0 Å². The van der Waals surface area contributed by atoms with Gasteiger partial charge in [0.05, 0.1) is 16.5 Å². The number of hydrogen-bond donors (Lipinski definition) is 0. The van der Waals surface area contributed by atoms with E-state index in [-0.39, 0.29) is 11.1 Å². The molecule has 0 aliphatic rings. The number of ether oxygens (including phenoxy) is 1. The van der Waals surface area contributed by atoms with Crippen molar-refractivity contribution in [1.82, 2.24) is 5.16 Å². The summed E-state index contributed by atoms with van der Waals surface area (Å²) < 4.78 is 49.8. The first-order valence-electron chi connectivity index (χ1n) is 8.70. The molecule has 146 valence electrons. The number of carbonyl (C=O) groups is 1. The van der Waals surface area contributed by atoms with Gasteiger partial charge in [0.1, 0.15) is 12.1 Å². The largest absolute Gasteiger partial charge is 0.457 e. The van der Waals surface area contributed by atoms with Gasteiger partial charge in [-0.3, -0.25) is 0 Å². The van der Waals surface area contributed by atoms with Crippen LogP contribution >= 0.6 is 0 Å². The van der Waals surface area contributed by atoms with Crippen molar-refractivity contribution in [3.8, 4) is 11.3 Å². The Morgan fingerprint density at radius 1 is 0.966 bits per heavy atom. The summed E-state index contributed by atoms with van der Waals surface area (Å²) in [5.41, 5.74) is 0.614. The van der Waals surface area contributed by atoms with E-state index in [0.29, 0.717) is 16.7 Å². The van der Waals surface area contributed by atoms with Gasteiger partial charge in [0.2, 0.25) is 0 Å². The zero-order chi connectivity index (χ0) is 20.4. The van der Waals surface area contributed by atoms with Crippen LogP contribution in [-0.2, 0) is 17.5 Å². The van der Waals surface area contributed by atoms with Crippen molar-refractivity contribution in [2.24, 2.45) is 0 Å². The third-order valence-corrected chi connectivity index (χ3v) is 4.43. The van der Waals surface area contributed by atoms with E-state index in [1.165, 1.54) is 24.3 Å². The maximum absolute atomic E-state index is 13.1. The third-order valence-electron chi connectivity index (χ3n) is 4.43. The van der Waals surface area contributed by atoms with Crippen molar-refractivity contribution in [3.63, 3.8) is 0 Å². The first kappa shape index (κ1) is 18.7. The molecule has 1 heterocycles. The van der Waals surface area contributed by atoms with E-state index in [2.05, 4.69) is 5.16 Å². The predicted octanol–water partition coefficient (Wildman–Crippen LogP) is 5.87. The lowest BCUT2D eigenvalue weighted by atomic mass is 10.1.